The van der Waals surface area contributed by atoms with Crippen molar-refractivity contribution in [1.82, 2.24) is 5.32 Å². The van der Waals surface area contributed by atoms with Gasteiger partial charge in [-0.05, 0) is 24.1 Å². The Labute approximate surface area is 160 Å². The Morgan fingerprint density at radius 3 is 2.11 bits per heavy atom. The van der Waals surface area contributed by atoms with Crippen LogP contribution < -0.4 is 19.5 Å². The van der Waals surface area contributed by atoms with Crippen LogP contribution in [-0.4, -0.2) is 40.9 Å². The summed E-state index contributed by atoms with van der Waals surface area (Å²) in [5.74, 6) is 0.923. The van der Waals surface area contributed by atoms with Crippen LogP contribution in [0.1, 0.15) is 29.3 Å². The standard InChI is InChI=1S/C21H27NO5/c1-6-21(27-5,15-10-8-7-9-11-15)14-22-20(23)16-12-13-17(24-2)19(26-4)18(16)25-3/h7-13H,6,14H2,1-5H3,(H,22,23). The van der Waals surface area contributed by atoms with E-state index in [4.69, 9.17) is 18.9 Å². The Morgan fingerprint density at radius 1 is 0.926 bits per heavy atom. The number of hydrogen-bond donors (Lipinski definition) is 1. The zero-order valence-electron chi connectivity index (χ0n) is 16.5. The molecule has 1 amide bonds. The Balaban J connectivity index is 2.29. The van der Waals surface area contributed by atoms with E-state index in [9.17, 15) is 4.79 Å². The Morgan fingerprint density at radius 2 is 1.59 bits per heavy atom. The Kier molecular flexibility index (Phi) is 7.07. The van der Waals surface area contributed by atoms with Crippen molar-refractivity contribution in [3.05, 3.63) is 53.6 Å². The minimum absolute atomic E-state index is 0.279. The molecule has 0 bridgehead atoms. The highest BCUT2D eigenvalue weighted by Crippen LogP contribution is 2.39. The molecule has 1 atom stereocenters. The molecule has 6 heteroatoms. The van der Waals surface area contributed by atoms with E-state index in [1.807, 2.05) is 37.3 Å². The molecule has 0 saturated heterocycles. The van der Waals surface area contributed by atoms with E-state index in [0.717, 1.165) is 5.56 Å². The number of ether oxygens (including phenoxy) is 4. The molecule has 2 aromatic rings. The number of carbonyl (C=O) groups excluding carboxylic acids is 1. The van der Waals surface area contributed by atoms with Crippen LogP contribution in [0.3, 0.4) is 0 Å². The molecular weight excluding hydrogens is 346 g/mol. The van der Waals surface area contributed by atoms with Gasteiger partial charge < -0.3 is 24.3 Å². The van der Waals surface area contributed by atoms with Gasteiger partial charge in [-0.25, -0.2) is 0 Å². The number of carbonyl (C=O) groups is 1. The van der Waals surface area contributed by atoms with Gasteiger partial charge in [-0.1, -0.05) is 37.3 Å². The molecule has 1 unspecified atom stereocenters. The van der Waals surface area contributed by atoms with Gasteiger partial charge in [-0.2, -0.15) is 0 Å². The quantitative estimate of drug-likeness (QED) is 0.730. The van der Waals surface area contributed by atoms with Crippen LogP contribution in [0.2, 0.25) is 0 Å². The first-order chi connectivity index (χ1) is 13.1. The third-order valence-electron chi connectivity index (χ3n) is 4.75. The van der Waals surface area contributed by atoms with Crippen molar-refractivity contribution < 1.29 is 23.7 Å². The lowest BCUT2D eigenvalue weighted by Gasteiger charge is -2.32. The van der Waals surface area contributed by atoms with Crippen LogP contribution in [0.25, 0.3) is 0 Å². The van der Waals surface area contributed by atoms with Crippen LogP contribution in [0, 0.1) is 0 Å². The molecule has 1 N–H and O–H groups in total. The van der Waals surface area contributed by atoms with Crippen molar-refractivity contribution in [3.63, 3.8) is 0 Å². The van der Waals surface area contributed by atoms with E-state index < -0.39 is 5.60 Å². The van der Waals surface area contributed by atoms with E-state index in [1.54, 1.807) is 19.2 Å². The monoisotopic (exact) mass is 373 g/mol. The molecule has 6 nitrogen and oxygen atoms in total. The minimum Gasteiger partial charge on any atom is -0.493 e. The number of nitrogens with one attached hydrogen (secondary N) is 1. The fraction of sp³-hybridized carbons (Fsp3) is 0.381. The van der Waals surface area contributed by atoms with Gasteiger partial charge in [0, 0.05) is 7.11 Å². The molecule has 0 aromatic heterocycles. The van der Waals surface area contributed by atoms with Crippen LogP contribution in [0.4, 0.5) is 0 Å². The molecule has 2 aromatic carbocycles. The maximum atomic E-state index is 12.9. The van der Waals surface area contributed by atoms with Gasteiger partial charge in [-0.3, -0.25) is 4.79 Å². The van der Waals surface area contributed by atoms with Crippen LogP contribution >= 0.6 is 0 Å². The maximum Gasteiger partial charge on any atom is 0.255 e. The summed E-state index contributed by atoms with van der Waals surface area (Å²) in [4.78, 5) is 12.9. The van der Waals surface area contributed by atoms with E-state index in [-0.39, 0.29) is 5.91 Å². The second-order valence-corrected chi connectivity index (χ2v) is 5.98. The van der Waals surface area contributed by atoms with Crippen molar-refractivity contribution in [2.75, 3.05) is 35.0 Å². The SMILES string of the molecule is CCC(CNC(=O)c1ccc(OC)c(OC)c1OC)(OC)c1ccccc1. The molecule has 0 aliphatic carbocycles. The highest BCUT2D eigenvalue weighted by molar-refractivity contribution is 5.98. The third-order valence-corrected chi connectivity index (χ3v) is 4.75. The highest BCUT2D eigenvalue weighted by atomic mass is 16.5. The topological polar surface area (TPSA) is 66.0 Å². The minimum atomic E-state index is -0.610. The van der Waals surface area contributed by atoms with Crippen molar-refractivity contribution in [2.45, 2.75) is 18.9 Å². The lowest BCUT2D eigenvalue weighted by molar-refractivity contribution is -0.0164. The fourth-order valence-corrected chi connectivity index (χ4v) is 3.11. The summed E-state index contributed by atoms with van der Waals surface area (Å²) in [6, 6.07) is 13.2. The predicted octanol–water partition coefficient (Wildman–Crippen LogP) is 3.39. The summed E-state index contributed by atoms with van der Waals surface area (Å²) in [5.41, 5.74) is 0.764. The molecule has 27 heavy (non-hydrogen) atoms. The number of amides is 1. The number of methoxy groups -OCH3 is 4. The zero-order valence-corrected chi connectivity index (χ0v) is 16.5. The van der Waals surface area contributed by atoms with E-state index in [1.165, 1.54) is 21.3 Å². The van der Waals surface area contributed by atoms with E-state index in [2.05, 4.69) is 5.32 Å². The molecular formula is C21H27NO5. The van der Waals surface area contributed by atoms with E-state index in [0.29, 0.717) is 35.8 Å². The fourth-order valence-electron chi connectivity index (χ4n) is 3.11. The molecule has 2 rings (SSSR count). The van der Waals surface area contributed by atoms with Crippen LogP contribution in [0.5, 0.6) is 17.2 Å². The van der Waals surface area contributed by atoms with Crippen molar-refractivity contribution in [2.24, 2.45) is 0 Å². The van der Waals surface area contributed by atoms with Gasteiger partial charge in [0.05, 0.1) is 33.4 Å². The Bertz CT molecular complexity index is 757. The number of rotatable bonds is 9. The van der Waals surface area contributed by atoms with Gasteiger partial charge >= 0.3 is 0 Å². The second-order valence-electron chi connectivity index (χ2n) is 5.98. The average Bonchev–Trinajstić information content (AvgIpc) is 2.74. The second kappa shape index (κ2) is 9.28. The molecule has 146 valence electrons. The summed E-state index contributed by atoms with van der Waals surface area (Å²) in [7, 11) is 6.18. The summed E-state index contributed by atoms with van der Waals surface area (Å²) >= 11 is 0. The van der Waals surface area contributed by atoms with Gasteiger partial charge in [0.25, 0.3) is 5.91 Å². The molecule has 0 fully saturated rings. The maximum absolute atomic E-state index is 12.9. The van der Waals surface area contributed by atoms with Gasteiger partial charge in [0.15, 0.2) is 11.5 Å². The third kappa shape index (κ3) is 4.17. The smallest absolute Gasteiger partial charge is 0.255 e. The summed E-state index contributed by atoms with van der Waals surface area (Å²) in [6.07, 6.45) is 0.705. The molecule has 0 aliphatic rings. The molecule has 0 spiro atoms. The molecule has 0 radical (unpaired) electrons. The highest BCUT2D eigenvalue weighted by Gasteiger charge is 2.31. The van der Waals surface area contributed by atoms with Crippen LogP contribution in [0.15, 0.2) is 42.5 Å². The lowest BCUT2D eigenvalue weighted by atomic mass is 9.90. The van der Waals surface area contributed by atoms with E-state index >= 15 is 0 Å². The van der Waals surface area contributed by atoms with Gasteiger partial charge in [0.2, 0.25) is 5.75 Å². The van der Waals surface area contributed by atoms with Crippen LogP contribution in [-0.2, 0) is 10.3 Å². The summed E-state index contributed by atoms with van der Waals surface area (Å²) in [5, 5.41) is 2.96. The zero-order chi connectivity index (χ0) is 19.9. The van der Waals surface area contributed by atoms with Gasteiger partial charge in [0.1, 0.15) is 5.60 Å². The first-order valence-corrected chi connectivity index (χ1v) is 8.74. The van der Waals surface area contributed by atoms with Gasteiger partial charge in [-0.15, -0.1) is 0 Å². The lowest BCUT2D eigenvalue weighted by Crippen LogP contribution is -2.42. The molecule has 0 saturated carbocycles. The summed E-state index contributed by atoms with van der Waals surface area (Å²) < 4.78 is 21.8. The van der Waals surface area contributed by atoms with Crippen molar-refractivity contribution >= 4 is 5.91 Å². The van der Waals surface area contributed by atoms with Crippen molar-refractivity contribution in [3.8, 4) is 17.2 Å². The molecule has 0 aliphatic heterocycles. The Hall–Kier alpha value is -2.73. The first kappa shape index (κ1) is 20.6. The number of benzene rings is 2. The normalized spacial score (nSPS) is 12.8. The summed E-state index contributed by atoms with van der Waals surface area (Å²) in [6.45, 7) is 2.35. The largest absolute Gasteiger partial charge is 0.493 e. The predicted molar refractivity (Wildman–Crippen MR) is 104 cm³/mol. The number of hydrogen-bond acceptors (Lipinski definition) is 5. The average molecular weight is 373 g/mol. The van der Waals surface area contributed by atoms with Crippen molar-refractivity contribution in [1.29, 1.82) is 0 Å². The molecule has 0 heterocycles. The first-order valence-electron chi connectivity index (χ1n) is 8.74.